The Labute approximate surface area is 89.7 Å². The molecule has 0 aromatic heterocycles. The molecule has 1 heterocycles. The first-order valence-corrected chi connectivity index (χ1v) is 5.24. The van der Waals surface area contributed by atoms with Crippen molar-refractivity contribution in [3.8, 4) is 0 Å². The van der Waals surface area contributed by atoms with Crippen molar-refractivity contribution in [3.63, 3.8) is 0 Å². The minimum absolute atomic E-state index is 0.177. The van der Waals surface area contributed by atoms with E-state index in [4.69, 9.17) is 10.8 Å². The van der Waals surface area contributed by atoms with Crippen LogP contribution in [0.3, 0.4) is 0 Å². The van der Waals surface area contributed by atoms with E-state index in [1.165, 1.54) is 5.69 Å². The highest BCUT2D eigenvalue weighted by Crippen LogP contribution is 2.17. The first-order valence-electron chi connectivity index (χ1n) is 5.24. The second kappa shape index (κ2) is 4.51. The molecule has 1 aromatic rings. The predicted octanol–water partition coefficient (Wildman–Crippen LogP) is 0.0393. The smallest absolute Gasteiger partial charge is 0.0601 e. The van der Waals surface area contributed by atoms with Gasteiger partial charge in [0.1, 0.15) is 0 Å². The van der Waals surface area contributed by atoms with Crippen LogP contribution in [0.2, 0.25) is 0 Å². The van der Waals surface area contributed by atoms with Crippen molar-refractivity contribution < 1.29 is 5.11 Å². The summed E-state index contributed by atoms with van der Waals surface area (Å²) in [5.74, 6) is 0. The van der Waals surface area contributed by atoms with Gasteiger partial charge < -0.3 is 21.1 Å². The molecule has 4 nitrogen and oxygen atoms in total. The van der Waals surface area contributed by atoms with Crippen molar-refractivity contribution in [2.75, 3.05) is 36.9 Å². The highest BCUT2D eigenvalue weighted by molar-refractivity contribution is 5.53. The van der Waals surface area contributed by atoms with Gasteiger partial charge >= 0.3 is 0 Å². The number of aliphatic hydroxyl groups excluding tert-OH is 1. The van der Waals surface area contributed by atoms with Gasteiger partial charge in [0.05, 0.1) is 6.61 Å². The fraction of sp³-hybridized carbons (Fsp3) is 0.455. The zero-order valence-corrected chi connectivity index (χ0v) is 8.69. The van der Waals surface area contributed by atoms with Crippen LogP contribution in [0.25, 0.3) is 0 Å². The van der Waals surface area contributed by atoms with Crippen LogP contribution in [-0.2, 0) is 0 Å². The molecule has 1 aromatic carbocycles. The first-order chi connectivity index (χ1) is 7.29. The maximum atomic E-state index is 9.09. The number of nitrogen functional groups attached to an aromatic ring is 1. The van der Waals surface area contributed by atoms with Crippen LogP contribution >= 0.6 is 0 Å². The molecule has 0 spiro atoms. The average Bonchev–Trinajstić information content (AvgIpc) is 2.30. The third-order valence-corrected chi connectivity index (χ3v) is 2.73. The van der Waals surface area contributed by atoms with E-state index in [9.17, 15) is 0 Å². The van der Waals surface area contributed by atoms with Gasteiger partial charge in [0.25, 0.3) is 0 Å². The summed E-state index contributed by atoms with van der Waals surface area (Å²) in [6.07, 6.45) is 0. The van der Waals surface area contributed by atoms with Crippen molar-refractivity contribution in [1.29, 1.82) is 0 Å². The number of anilines is 2. The van der Waals surface area contributed by atoms with Crippen molar-refractivity contribution in [2.45, 2.75) is 6.04 Å². The van der Waals surface area contributed by atoms with Crippen LogP contribution in [0.1, 0.15) is 0 Å². The topological polar surface area (TPSA) is 61.5 Å². The van der Waals surface area contributed by atoms with E-state index in [1.54, 1.807) is 0 Å². The quantitative estimate of drug-likeness (QED) is 0.599. The SMILES string of the molecule is Nc1ccc(N2CCNC(CO)C2)cc1. The molecular formula is C11H17N3O. The molecule has 1 saturated heterocycles. The summed E-state index contributed by atoms with van der Waals surface area (Å²) < 4.78 is 0. The van der Waals surface area contributed by atoms with E-state index in [0.717, 1.165) is 25.3 Å². The molecule has 15 heavy (non-hydrogen) atoms. The molecule has 4 heteroatoms. The van der Waals surface area contributed by atoms with Gasteiger partial charge in [-0.3, -0.25) is 0 Å². The Bertz CT molecular complexity index is 312. The number of nitrogens with zero attached hydrogens (tertiary/aromatic N) is 1. The molecule has 4 N–H and O–H groups in total. The summed E-state index contributed by atoms with van der Waals surface area (Å²) in [6.45, 7) is 2.92. The zero-order chi connectivity index (χ0) is 10.7. The predicted molar refractivity (Wildman–Crippen MR) is 61.9 cm³/mol. The maximum Gasteiger partial charge on any atom is 0.0601 e. The Hall–Kier alpha value is -1.26. The van der Waals surface area contributed by atoms with Crippen LogP contribution in [-0.4, -0.2) is 37.4 Å². The molecule has 0 radical (unpaired) electrons. The molecule has 0 aliphatic carbocycles. The van der Waals surface area contributed by atoms with Crippen LogP contribution < -0.4 is 16.0 Å². The zero-order valence-electron chi connectivity index (χ0n) is 8.69. The van der Waals surface area contributed by atoms with Crippen molar-refractivity contribution >= 4 is 11.4 Å². The molecule has 0 bridgehead atoms. The minimum atomic E-state index is 0.177. The van der Waals surface area contributed by atoms with Gasteiger partial charge in [-0.15, -0.1) is 0 Å². The number of aliphatic hydroxyl groups is 1. The fourth-order valence-electron chi connectivity index (χ4n) is 1.87. The largest absolute Gasteiger partial charge is 0.399 e. The second-order valence-corrected chi connectivity index (χ2v) is 3.87. The molecule has 0 amide bonds. The number of hydrogen-bond donors (Lipinski definition) is 3. The molecular weight excluding hydrogens is 190 g/mol. The van der Waals surface area contributed by atoms with Gasteiger partial charge in [0.15, 0.2) is 0 Å². The number of rotatable bonds is 2. The van der Waals surface area contributed by atoms with Gasteiger partial charge in [0.2, 0.25) is 0 Å². The van der Waals surface area contributed by atoms with Crippen LogP contribution in [0, 0.1) is 0 Å². The lowest BCUT2D eigenvalue weighted by molar-refractivity contribution is 0.235. The fourth-order valence-corrected chi connectivity index (χ4v) is 1.87. The Morgan fingerprint density at radius 1 is 1.40 bits per heavy atom. The highest BCUT2D eigenvalue weighted by atomic mass is 16.3. The summed E-state index contributed by atoms with van der Waals surface area (Å²) in [6, 6.07) is 8.04. The lowest BCUT2D eigenvalue weighted by atomic mass is 10.2. The number of piperazine rings is 1. The van der Waals surface area contributed by atoms with Gasteiger partial charge in [-0.25, -0.2) is 0 Å². The van der Waals surface area contributed by atoms with Gasteiger partial charge in [-0.05, 0) is 24.3 Å². The average molecular weight is 207 g/mol. The summed E-state index contributed by atoms with van der Waals surface area (Å²) in [5, 5.41) is 12.4. The Morgan fingerprint density at radius 3 is 2.80 bits per heavy atom. The molecule has 0 saturated carbocycles. The number of hydrogen-bond acceptors (Lipinski definition) is 4. The molecule has 1 aliphatic rings. The van der Waals surface area contributed by atoms with Gasteiger partial charge in [0, 0.05) is 37.1 Å². The lowest BCUT2D eigenvalue weighted by Crippen LogP contribution is -2.52. The number of nitrogens with one attached hydrogen (secondary N) is 1. The Balaban J connectivity index is 2.06. The summed E-state index contributed by atoms with van der Waals surface area (Å²) in [5.41, 5.74) is 7.59. The Kier molecular flexibility index (Phi) is 3.08. The van der Waals surface area contributed by atoms with E-state index in [-0.39, 0.29) is 12.6 Å². The van der Waals surface area contributed by atoms with E-state index in [0.29, 0.717) is 0 Å². The van der Waals surface area contributed by atoms with Gasteiger partial charge in [-0.1, -0.05) is 0 Å². The summed E-state index contributed by atoms with van der Waals surface area (Å²) in [4.78, 5) is 2.26. The van der Waals surface area contributed by atoms with Crippen LogP contribution in [0.4, 0.5) is 11.4 Å². The van der Waals surface area contributed by atoms with Crippen LogP contribution in [0.5, 0.6) is 0 Å². The standard InChI is InChI=1S/C11H17N3O/c12-9-1-3-11(4-2-9)14-6-5-13-10(7-14)8-15/h1-4,10,13,15H,5-8,12H2. The molecule has 82 valence electrons. The number of nitrogens with two attached hydrogens (primary N) is 1. The molecule has 1 aliphatic heterocycles. The van der Waals surface area contributed by atoms with E-state index < -0.39 is 0 Å². The second-order valence-electron chi connectivity index (χ2n) is 3.87. The normalized spacial score (nSPS) is 21.7. The highest BCUT2D eigenvalue weighted by Gasteiger charge is 2.18. The minimum Gasteiger partial charge on any atom is -0.399 e. The summed E-state index contributed by atoms with van der Waals surface area (Å²) >= 11 is 0. The van der Waals surface area contributed by atoms with Gasteiger partial charge in [-0.2, -0.15) is 0 Å². The van der Waals surface area contributed by atoms with Crippen molar-refractivity contribution in [1.82, 2.24) is 5.32 Å². The van der Waals surface area contributed by atoms with Crippen molar-refractivity contribution in [3.05, 3.63) is 24.3 Å². The third-order valence-electron chi connectivity index (χ3n) is 2.73. The number of benzene rings is 1. The first kappa shape index (κ1) is 10.3. The van der Waals surface area contributed by atoms with E-state index in [2.05, 4.69) is 10.2 Å². The van der Waals surface area contributed by atoms with E-state index >= 15 is 0 Å². The molecule has 1 atom stereocenters. The van der Waals surface area contributed by atoms with Crippen molar-refractivity contribution in [2.24, 2.45) is 0 Å². The molecule has 1 fully saturated rings. The third kappa shape index (κ3) is 2.40. The lowest BCUT2D eigenvalue weighted by Gasteiger charge is -2.34. The summed E-state index contributed by atoms with van der Waals surface area (Å²) in [7, 11) is 0. The molecule has 1 unspecified atom stereocenters. The van der Waals surface area contributed by atoms with Crippen LogP contribution in [0.15, 0.2) is 24.3 Å². The molecule has 2 rings (SSSR count). The Morgan fingerprint density at radius 2 is 2.13 bits per heavy atom. The maximum absolute atomic E-state index is 9.09. The monoisotopic (exact) mass is 207 g/mol. The van der Waals surface area contributed by atoms with E-state index in [1.807, 2.05) is 24.3 Å².